The molecule has 2 aliphatic rings. The average molecular weight is 1180 g/mol. The lowest BCUT2D eigenvalue weighted by Gasteiger charge is -2.40. The van der Waals surface area contributed by atoms with Gasteiger partial charge >= 0.3 is 10.3 Å². The summed E-state index contributed by atoms with van der Waals surface area (Å²) in [6, 6.07) is 33.3. The molecular formula is C59H69N11O12SSi. The lowest BCUT2D eigenvalue weighted by Crippen LogP contribution is -2.47. The highest BCUT2D eigenvalue weighted by Gasteiger charge is 2.51. The van der Waals surface area contributed by atoms with Crippen LogP contribution in [-0.2, 0) is 43.5 Å². The monoisotopic (exact) mass is 1180 g/mol. The summed E-state index contributed by atoms with van der Waals surface area (Å²) in [6.07, 6.45) is -1.45. The Morgan fingerprint density at radius 2 is 1.38 bits per heavy atom. The Balaban J connectivity index is 0.974. The Labute approximate surface area is 487 Å². The van der Waals surface area contributed by atoms with E-state index in [4.69, 9.17) is 32.3 Å². The Bertz CT molecular complexity index is 3760. The second kappa shape index (κ2) is 24.1. The molecule has 7 atom stereocenters. The van der Waals surface area contributed by atoms with Gasteiger partial charge in [0.15, 0.2) is 42.7 Å². The Morgan fingerprint density at radius 3 is 2.00 bits per heavy atom. The van der Waals surface area contributed by atoms with Crippen molar-refractivity contribution in [3.05, 3.63) is 161 Å². The molecule has 0 radical (unpaired) electrons. The number of benzene rings is 4. The van der Waals surface area contributed by atoms with Gasteiger partial charge in [-0.3, -0.25) is 38.0 Å². The Hall–Kier alpha value is -7.75. The minimum absolute atomic E-state index is 0.00784. The number of nitrogens with zero attached hydrogens (tertiary/aromatic N) is 7. The van der Waals surface area contributed by atoms with Crippen molar-refractivity contribution in [1.29, 1.82) is 0 Å². The Kier molecular flexibility index (Phi) is 17.0. The molecule has 4 aromatic carbocycles. The predicted molar refractivity (Wildman–Crippen MR) is 315 cm³/mol. The number of hydrogen-bond acceptors (Lipinski definition) is 17. The summed E-state index contributed by atoms with van der Waals surface area (Å²) in [5.41, 5.74) is 1.43. The molecule has 0 aliphatic carbocycles. The molecule has 0 spiro atoms. The normalized spacial score (nSPS) is 20.4. The second-order valence-electron chi connectivity index (χ2n) is 22.6. The fraction of sp³-hybridized carbons (Fsp3) is 0.390. The lowest BCUT2D eigenvalue weighted by molar-refractivity contribution is -0.118. The number of carbonyl (C=O) groups excluding carboxylic acids is 2. The number of carbonyl (C=O) groups is 2. The number of fused-ring (bicyclic) bond motifs is 2. The van der Waals surface area contributed by atoms with Crippen molar-refractivity contribution in [2.45, 2.75) is 109 Å². The fourth-order valence-electron chi connectivity index (χ4n) is 10.1. The molecule has 2 aliphatic heterocycles. The van der Waals surface area contributed by atoms with Crippen LogP contribution in [0.1, 0.15) is 87.5 Å². The number of imidazole rings is 2. The highest BCUT2D eigenvalue weighted by atomic mass is 32.2. The first kappa shape index (κ1) is 59.4. The fourth-order valence-corrected chi connectivity index (χ4v) is 12.5. The third-order valence-electron chi connectivity index (χ3n) is 15.9. The van der Waals surface area contributed by atoms with E-state index in [1.165, 1.54) is 19.0 Å². The topological polar surface area (TPSA) is 276 Å². The van der Waals surface area contributed by atoms with Gasteiger partial charge in [0.2, 0.25) is 11.9 Å². The standard InChI is InChI=1S/C59H69N11O12SSi/c1-35(2)53(71)67-57-66-52-48(55(73)68-57)63-34-70(52)56-49(82-84(9,10)58(4,5)6)36(3)44(80-56)30-64-83(74,75)81-43-29-46(69-33-62-47-50(60-32-61-51(47)69)65-54(72)37-17-13-11-14-18-37)79-45(43)31-78-59(38-19-15-12-16-20-38,39-21-25-41(76-7)26-22-39)40-23-27-42(77-8)28-24-40/h11-28,32-36,43-46,49,56,64H,29-31H2,1-10H3,(H,60,61,65,72)(H2,66,67,68,71,73)/t36-,43+,44-,45-,46?,49-,56-/m1/s1. The summed E-state index contributed by atoms with van der Waals surface area (Å²) >= 11 is 0. The number of aromatic nitrogens is 8. The van der Waals surface area contributed by atoms with Gasteiger partial charge in [0, 0.05) is 30.4 Å². The number of rotatable bonds is 21. The van der Waals surface area contributed by atoms with Crippen LogP contribution < -0.4 is 30.4 Å². The quantitative estimate of drug-likeness (QED) is 0.0389. The van der Waals surface area contributed by atoms with E-state index in [0.717, 1.165) is 16.7 Å². The molecule has 23 nitrogen and oxygen atoms in total. The molecule has 4 aromatic heterocycles. The van der Waals surface area contributed by atoms with Crippen LogP contribution in [0.4, 0.5) is 11.8 Å². The molecule has 0 saturated carbocycles. The van der Waals surface area contributed by atoms with Gasteiger partial charge in [-0.1, -0.05) is 114 Å². The van der Waals surface area contributed by atoms with Crippen LogP contribution in [0, 0.1) is 11.8 Å². The molecule has 0 bridgehead atoms. The third kappa shape index (κ3) is 12.1. The van der Waals surface area contributed by atoms with E-state index in [2.05, 4.69) is 79.1 Å². The zero-order valence-corrected chi connectivity index (χ0v) is 50.1. The maximum atomic E-state index is 14.7. The summed E-state index contributed by atoms with van der Waals surface area (Å²) in [6.45, 7) is 15.4. The highest BCUT2D eigenvalue weighted by Crippen LogP contribution is 2.46. The molecule has 2 fully saturated rings. The molecule has 2 saturated heterocycles. The van der Waals surface area contributed by atoms with Crippen molar-refractivity contribution >= 4 is 64.5 Å². The largest absolute Gasteiger partial charge is 0.497 e. The summed E-state index contributed by atoms with van der Waals surface area (Å²) in [5, 5.41) is 5.26. The number of ether oxygens (including phenoxy) is 5. The van der Waals surface area contributed by atoms with E-state index in [9.17, 15) is 22.8 Å². The van der Waals surface area contributed by atoms with E-state index in [0.29, 0.717) is 22.7 Å². The molecule has 25 heteroatoms. The number of nitrogens with one attached hydrogen (secondary N) is 4. The highest BCUT2D eigenvalue weighted by molar-refractivity contribution is 7.84. The minimum atomic E-state index is -4.67. The number of aromatic amines is 1. The summed E-state index contributed by atoms with van der Waals surface area (Å²) in [4.78, 5) is 64.5. The van der Waals surface area contributed by atoms with Crippen LogP contribution in [-0.4, -0.2) is 119 Å². The smallest absolute Gasteiger partial charge is 0.336 e. The van der Waals surface area contributed by atoms with E-state index >= 15 is 0 Å². The van der Waals surface area contributed by atoms with Gasteiger partial charge in [-0.2, -0.15) is 18.1 Å². The van der Waals surface area contributed by atoms with E-state index < -0.39 is 84.4 Å². The van der Waals surface area contributed by atoms with Gasteiger partial charge in [-0.25, -0.2) is 19.9 Å². The van der Waals surface area contributed by atoms with Gasteiger partial charge in [0.25, 0.3) is 11.5 Å². The number of hydrogen-bond donors (Lipinski definition) is 4. The van der Waals surface area contributed by atoms with Gasteiger partial charge in [0.1, 0.15) is 41.9 Å². The van der Waals surface area contributed by atoms with Crippen molar-refractivity contribution in [3.8, 4) is 11.5 Å². The molecule has 4 N–H and O–H groups in total. The number of anilines is 2. The second-order valence-corrected chi connectivity index (χ2v) is 28.8. The average Bonchev–Trinajstić information content (AvgIpc) is 4.44. The number of H-pyrrole nitrogens is 1. The van der Waals surface area contributed by atoms with Gasteiger partial charge in [0.05, 0.1) is 45.7 Å². The lowest BCUT2D eigenvalue weighted by atomic mass is 9.80. The SMILES string of the molecule is COc1ccc(C(OC[C@H]2OC(n3cnc4c(NC(=O)c5ccccc5)ncnc43)C[C@@H]2OS(=O)(=O)NC[C@H]2O[C@@H](n3cnc4c(=O)[nH]c(NC(=O)C(C)C)nc43)[C@H](O[Si](C)(C)C(C)(C)C)[C@@H]2C)(c2ccccc2)c2ccc(OC)cc2)cc1. The number of methoxy groups -OCH3 is 2. The molecule has 8 aromatic rings. The van der Waals surface area contributed by atoms with Gasteiger partial charge in [-0.15, -0.1) is 0 Å². The van der Waals surface area contributed by atoms with Crippen molar-refractivity contribution in [2.24, 2.45) is 11.8 Å². The van der Waals surface area contributed by atoms with E-state index in [-0.39, 0.29) is 59.0 Å². The predicted octanol–water partition coefficient (Wildman–Crippen LogP) is 8.26. The first-order valence-electron chi connectivity index (χ1n) is 27.6. The zero-order valence-electron chi connectivity index (χ0n) is 48.3. The molecule has 2 amide bonds. The van der Waals surface area contributed by atoms with Crippen molar-refractivity contribution < 1.29 is 50.3 Å². The van der Waals surface area contributed by atoms with Crippen LogP contribution in [0.3, 0.4) is 0 Å². The first-order chi connectivity index (χ1) is 40.1. The molecule has 10 rings (SSSR count). The van der Waals surface area contributed by atoms with Crippen LogP contribution in [0.25, 0.3) is 22.3 Å². The Morgan fingerprint density at radius 1 is 0.774 bits per heavy atom. The van der Waals surface area contributed by atoms with Gasteiger partial charge in [-0.05, 0) is 71.2 Å². The molecule has 1 unspecified atom stereocenters. The molecule has 84 heavy (non-hydrogen) atoms. The molecule has 442 valence electrons. The van der Waals surface area contributed by atoms with Gasteiger partial charge < -0.3 is 33.4 Å². The summed E-state index contributed by atoms with van der Waals surface area (Å²) in [5.74, 6) is -0.264. The minimum Gasteiger partial charge on any atom is -0.497 e. The van der Waals surface area contributed by atoms with Crippen molar-refractivity contribution in [2.75, 3.05) is 38.0 Å². The van der Waals surface area contributed by atoms with Crippen LogP contribution >= 0.6 is 0 Å². The van der Waals surface area contributed by atoms with Crippen LogP contribution in [0.2, 0.25) is 18.1 Å². The first-order valence-corrected chi connectivity index (χ1v) is 31.9. The van der Waals surface area contributed by atoms with Crippen molar-refractivity contribution in [1.82, 2.24) is 43.8 Å². The zero-order chi connectivity index (χ0) is 59.7. The maximum Gasteiger partial charge on any atom is 0.336 e. The van der Waals surface area contributed by atoms with Crippen LogP contribution in [0.15, 0.2) is 133 Å². The van der Waals surface area contributed by atoms with Crippen LogP contribution in [0.5, 0.6) is 11.5 Å². The molecule has 6 heterocycles. The summed E-state index contributed by atoms with van der Waals surface area (Å²) < 4.78 is 80.6. The third-order valence-corrected chi connectivity index (χ3v) is 21.4. The molecular weight excluding hydrogens is 1110 g/mol. The van der Waals surface area contributed by atoms with E-state index in [1.54, 1.807) is 61.5 Å². The number of amides is 2. The van der Waals surface area contributed by atoms with Crippen molar-refractivity contribution in [3.63, 3.8) is 0 Å². The summed E-state index contributed by atoms with van der Waals surface area (Å²) in [7, 11) is -4.06. The van der Waals surface area contributed by atoms with E-state index in [1.807, 2.05) is 91.9 Å². The maximum absolute atomic E-state index is 14.7.